The first-order chi connectivity index (χ1) is 32.8. The van der Waals surface area contributed by atoms with Crippen LogP contribution in [0.15, 0.2) is 131 Å². The maximum atomic E-state index is 13.5. The zero-order valence-electron chi connectivity index (χ0n) is 41.8. The number of nitrogens with one attached hydrogen (secondary N) is 1. The van der Waals surface area contributed by atoms with Crippen LogP contribution in [0.1, 0.15) is 135 Å². The number of unbranched alkanes of at least 4 members (excludes halogenated alkanes) is 2. The smallest absolute Gasteiger partial charge is 0.407 e. The maximum Gasteiger partial charge on any atom is 0.407 e. The SMILES string of the molecule is CCCCc1ccc(CN)c(=O)n1Cc1ccc(-c2ccccc2C(=O)O)cc1.CCCCc1ccc(CNC(=O)OC(C)(C)C)c(=O)n1Cc1ccc(-c2ccccc2C(=O)OC(C)(C)C)cc1.Cl. The zero-order chi connectivity index (χ0) is 50.3. The number of halogens is 1. The average molecular weight is 974 g/mol. The number of carboxylic acids is 1. The Morgan fingerprint density at radius 3 is 1.46 bits per heavy atom. The van der Waals surface area contributed by atoms with Gasteiger partial charge in [0.2, 0.25) is 0 Å². The van der Waals surface area contributed by atoms with Crippen molar-refractivity contribution in [3.8, 4) is 22.3 Å². The zero-order valence-corrected chi connectivity index (χ0v) is 42.6. The Kier molecular flexibility index (Phi) is 20.5. The number of nitrogens with zero attached hydrogens (tertiary/aromatic N) is 2. The van der Waals surface area contributed by atoms with E-state index in [1.807, 2.05) is 112 Å². The van der Waals surface area contributed by atoms with Gasteiger partial charge in [-0.25, -0.2) is 14.4 Å². The van der Waals surface area contributed by atoms with Crippen molar-refractivity contribution < 1.29 is 29.0 Å². The van der Waals surface area contributed by atoms with Crippen LogP contribution in [0, 0.1) is 0 Å². The Morgan fingerprint density at radius 1 is 0.586 bits per heavy atom. The first kappa shape index (κ1) is 55.8. The number of benzene rings is 4. The maximum absolute atomic E-state index is 13.5. The van der Waals surface area contributed by atoms with Gasteiger partial charge in [-0.3, -0.25) is 9.59 Å². The molecule has 0 spiro atoms. The third-order valence-corrected chi connectivity index (χ3v) is 11.2. The molecule has 0 radical (unpaired) electrons. The fourth-order valence-electron chi connectivity index (χ4n) is 7.71. The number of esters is 1. The van der Waals surface area contributed by atoms with Crippen molar-refractivity contribution in [1.82, 2.24) is 14.5 Å². The number of hydrogen-bond acceptors (Lipinski definition) is 8. The standard InChI is InChI=1S/C33H42N2O5.C24H26N2O3.ClH/c1-8-9-12-26-20-19-25(21-34-31(38)40-33(5,6)7)29(36)35(26)22-23-15-17-24(18-16-23)27-13-10-11-14-28(27)30(37)39-32(2,3)4;1-2-3-6-20-14-13-19(15-25)23(27)26(20)16-17-9-11-18(12-10-17)21-7-4-5-8-22(21)24(28)29;/h10-11,13-20H,8-9,12,21-22H2,1-7H3,(H,34,38);4-5,7-14H,2-3,6,15-16,25H2,1H3,(H,28,29);1H. The summed E-state index contributed by atoms with van der Waals surface area (Å²) in [5, 5.41) is 12.1. The fraction of sp³-hybridized carbons (Fsp3) is 0.351. The van der Waals surface area contributed by atoms with Gasteiger partial charge in [-0.15, -0.1) is 12.4 Å². The highest BCUT2D eigenvalue weighted by Crippen LogP contribution is 2.27. The molecule has 0 atom stereocenters. The van der Waals surface area contributed by atoms with E-state index in [4.69, 9.17) is 15.2 Å². The summed E-state index contributed by atoms with van der Waals surface area (Å²) in [4.78, 5) is 62.8. The lowest BCUT2D eigenvalue weighted by atomic mass is 9.98. The van der Waals surface area contributed by atoms with Gasteiger partial charge in [-0.1, -0.05) is 118 Å². The molecule has 2 heterocycles. The van der Waals surface area contributed by atoms with E-state index < -0.39 is 23.3 Å². The normalized spacial score (nSPS) is 11.2. The van der Waals surface area contributed by atoms with Gasteiger partial charge in [0.25, 0.3) is 11.1 Å². The van der Waals surface area contributed by atoms with Gasteiger partial charge >= 0.3 is 18.0 Å². The van der Waals surface area contributed by atoms with Gasteiger partial charge in [-0.2, -0.15) is 0 Å². The van der Waals surface area contributed by atoms with Crippen molar-refractivity contribution in [2.24, 2.45) is 5.73 Å². The lowest BCUT2D eigenvalue weighted by Gasteiger charge is -2.20. The molecule has 0 aliphatic heterocycles. The highest BCUT2D eigenvalue weighted by atomic mass is 35.5. The van der Waals surface area contributed by atoms with Crippen molar-refractivity contribution >= 4 is 30.4 Å². The number of nitrogens with two attached hydrogens (primary N) is 1. The molecule has 0 saturated carbocycles. The van der Waals surface area contributed by atoms with E-state index in [-0.39, 0.29) is 48.1 Å². The van der Waals surface area contributed by atoms with Crippen LogP contribution in [0.25, 0.3) is 22.3 Å². The molecule has 1 amide bonds. The van der Waals surface area contributed by atoms with Crippen LogP contribution in [-0.2, 0) is 48.5 Å². The van der Waals surface area contributed by atoms with Crippen molar-refractivity contribution in [2.75, 3.05) is 0 Å². The molecular weight excluding hydrogens is 904 g/mol. The van der Waals surface area contributed by atoms with Gasteiger partial charge in [0.1, 0.15) is 11.2 Å². The molecule has 0 aliphatic carbocycles. The number of carbonyl (C=O) groups is 3. The number of rotatable bonds is 17. The summed E-state index contributed by atoms with van der Waals surface area (Å²) in [5.41, 5.74) is 13.3. The van der Waals surface area contributed by atoms with Crippen LogP contribution >= 0.6 is 12.4 Å². The minimum atomic E-state index is -0.949. The van der Waals surface area contributed by atoms with E-state index in [0.717, 1.165) is 77.7 Å². The number of pyridine rings is 2. The van der Waals surface area contributed by atoms with E-state index in [2.05, 4.69) is 19.2 Å². The second-order valence-corrected chi connectivity index (χ2v) is 19.0. The molecular formula is C57H69ClN4O8. The van der Waals surface area contributed by atoms with Crippen LogP contribution in [0.3, 0.4) is 0 Å². The first-order valence-corrected chi connectivity index (χ1v) is 23.8. The number of amides is 1. The summed E-state index contributed by atoms with van der Waals surface area (Å²) < 4.78 is 14.5. The fourth-order valence-corrected chi connectivity index (χ4v) is 7.71. The molecule has 6 rings (SSSR count). The molecule has 70 heavy (non-hydrogen) atoms. The van der Waals surface area contributed by atoms with E-state index in [0.29, 0.717) is 35.3 Å². The Morgan fingerprint density at radius 2 is 1.01 bits per heavy atom. The van der Waals surface area contributed by atoms with Crippen molar-refractivity contribution in [3.05, 3.63) is 187 Å². The topological polar surface area (TPSA) is 172 Å². The summed E-state index contributed by atoms with van der Waals surface area (Å²) in [5.74, 6) is -1.31. The average Bonchev–Trinajstić information content (AvgIpc) is 3.31. The predicted molar refractivity (Wildman–Crippen MR) is 281 cm³/mol. The minimum absolute atomic E-state index is 0. The van der Waals surface area contributed by atoms with E-state index >= 15 is 0 Å². The number of aromatic carboxylic acids is 1. The molecule has 0 fully saturated rings. The Bertz CT molecular complexity index is 2820. The second-order valence-electron chi connectivity index (χ2n) is 19.0. The van der Waals surface area contributed by atoms with E-state index in [9.17, 15) is 29.1 Å². The molecule has 4 N–H and O–H groups in total. The van der Waals surface area contributed by atoms with Gasteiger partial charge in [0.05, 0.1) is 30.8 Å². The number of carboxylic acid groups (broad SMARTS) is 1. The number of aromatic nitrogens is 2. The molecule has 0 saturated heterocycles. The highest BCUT2D eigenvalue weighted by molar-refractivity contribution is 5.97. The Hall–Kier alpha value is -6.76. The van der Waals surface area contributed by atoms with Crippen LogP contribution in [0.5, 0.6) is 0 Å². The molecule has 372 valence electrons. The summed E-state index contributed by atoms with van der Waals surface area (Å²) in [7, 11) is 0. The van der Waals surface area contributed by atoms with Gasteiger partial charge in [-0.05, 0) is 131 Å². The van der Waals surface area contributed by atoms with E-state index in [1.54, 1.807) is 60.2 Å². The summed E-state index contributed by atoms with van der Waals surface area (Å²) in [6.07, 6.45) is 5.14. The Balaban J connectivity index is 0.000000315. The molecule has 0 bridgehead atoms. The van der Waals surface area contributed by atoms with Gasteiger partial charge in [0.15, 0.2) is 0 Å². The third-order valence-electron chi connectivity index (χ3n) is 11.2. The lowest BCUT2D eigenvalue weighted by molar-refractivity contribution is 0.00698. The third kappa shape index (κ3) is 15.9. The quantitative estimate of drug-likeness (QED) is 0.0752. The number of alkyl carbamates (subject to hydrolysis) is 1. The molecule has 0 unspecified atom stereocenters. The molecule has 0 aliphatic rings. The highest BCUT2D eigenvalue weighted by Gasteiger charge is 2.21. The van der Waals surface area contributed by atoms with Gasteiger partial charge < -0.3 is 34.8 Å². The molecule has 13 heteroatoms. The van der Waals surface area contributed by atoms with Gasteiger partial charge in [0, 0.05) is 29.1 Å². The van der Waals surface area contributed by atoms with Crippen molar-refractivity contribution in [1.29, 1.82) is 0 Å². The number of aryl methyl sites for hydroxylation is 2. The minimum Gasteiger partial charge on any atom is -0.478 e. The summed E-state index contributed by atoms with van der Waals surface area (Å²) in [6, 6.07) is 37.5. The summed E-state index contributed by atoms with van der Waals surface area (Å²) >= 11 is 0. The number of carbonyl (C=O) groups excluding carboxylic acids is 2. The van der Waals surface area contributed by atoms with Crippen molar-refractivity contribution in [3.63, 3.8) is 0 Å². The van der Waals surface area contributed by atoms with Crippen LogP contribution in [0.2, 0.25) is 0 Å². The van der Waals surface area contributed by atoms with Crippen molar-refractivity contribution in [2.45, 2.75) is 131 Å². The van der Waals surface area contributed by atoms with Crippen LogP contribution in [-0.4, -0.2) is 43.5 Å². The molecule has 6 aromatic rings. The Labute approximate surface area is 418 Å². The molecule has 2 aromatic heterocycles. The lowest BCUT2D eigenvalue weighted by Crippen LogP contribution is -2.35. The summed E-state index contributed by atoms with van der Waals surface area (Å²) in [6.45, 7) is 16.3. The largest absolute Gasteiger partial charge is 0.478 e. The van der Waals surface area contributed by atoms with Crippen LogP contribution in [0.4, 0.5) is 4.79 Å². The first-order valence-electron chi connectivity index (χ1n) is 23.8. The van der Waals surface area contributed by atoms with Crippen LogP contribution < -0.4 is 22.2 Å². The second kappa shape index (κ2) is 25.7. The van der Waals surface area contributed by atoms with E-state index in [1.165, 1.54) is 0 Å². The number of hydrogen-bond donors (Lipinski definition) is 3. The predicted octanol–water partition coefficient (Wildman–Crippen LogP) is 11.4. The molecule has 12 nitrogen and oxygen atoms in total. The number of ether oxygens (including phenoxy) is 2. The molecule has 4 aromatic carbocycles. The monoisotopic (exact) mass is 972 g/mol.